The van der Waals surface area contributed by atoms with E-state index in [-0.39, 0.29) is 0 Å². The molecular formula is C16H25N3O. The van der Waals surface area contributed by atoms with Gasteiger partial charge in [-0.15, -0.1) is 0 Å². The zero-order chi connectivity index (χ0) is 13.9. The first-order valence-electron chi connectivity index (χ1n) is 7.65. The molecule has 4 heteroatoms. The lowest BCUT2D eigenvalue weighted by molar-refractivity contribution is 0.188. The zero-order valence-electron chi connectivity index (χ0n) is 12.3. The van der Waals surface area contributed by atoms with Gasteiger partial charge in [0.2, 0.25) is 0 Å². The van der Waals surface area contributed by atoms with E-state index in [9.17, 15) is 0 Å². The molecule has 1 aromatic rings. The second-order valence-electron chi connectivity index (χ2n) is 6.03. The van der Waals surface area contributed by atoms with Crippen LogP contribution in [0, 0.1) is 0 Å². The summed E-state index contributed by atoms with van der Waals surface area (Å²) in [5.74, 6) is 0.806. The van der Waals surface area contributed by atoms with Crippen LogP contribution in [0.1, 0.15) is 19.3 Å². The number of hydrogen-bond donors (Lipinski definition) is 1. The van der Waals surface area contributed by atoms with Crippen LogP contribution in [0.25, 0.3) is 0 Å². The number of nitrogen functional groups attached to an aromatic ring is 1. The number of ether oxygens (including phenoxy) is 1. The maximum Gasteiger partial charge on any atom is 0.142 e. The molecule has 0 saturated carbocycles. The maximum atomic E-state index is 5.89. The van der Waals surface area contributed by atoms with E-state index in [1.165, 1.54) is 32.4 Å². The molecule has 2 saturated heterocycles. The van der Waals surface area contributed by atoms with Crippen LogP contribution >= 0.6 is 0 Å². The molecule has 2 N–H and O–H groups in total. The molecule has 0 amide bonds. The second kappa shape index (κ2) is 6.02. The van der Waals surface area contributed by atoms with Gasteiger partial charge in [0, 0.05) is 25.2 Å². The van der Waals surface area contributed by atoms with Gasteiger partial charge < -0.3 is 10.5 Å². The molecule has 110 valence electrons. The standard InChI is InChI=1S/C16H25N3O/c1-18-13-6-7-14(18)12-19(9-8-13)10-11-20-16-5-3-2-4-15(16)17/h2-5,13-14H,6-12,17H2,1H3. The SMILES string of the molecule is CN1C2CCC1CN(CCOc1ccccc1N)CC2. The summed E-state index contributed by atoms with van der Waals surface area (Å²) >= 11 is 0. The van der Waals surface area contributed by atoms with E-state index < -0.39 is 0 Å². The summed E-state index contributed by atoms with van der Waals surface area (Å²) in [5.41, 5.74) is 6.61. The van der Waals surface area contributed by atoms with Crippen molar-refractivity contribution in [1.29, 1.82) is 0 Å². The van der Waals surface area contributed by atoms with Crippen molar-refractivity contribution in [3.63, 3.8) is 0 Å². The van der Waals surface area contributed by atoms with Gasteiger partial charge in [-0.05, 0) is 45.0 Å². The number of likely N-dealkylation sites (N-methyl/N-ethyl adjacent to an activating group) is 1. The lowest BCUT2D eigenvalue weighted by Gasteiger charge is -2.25. The van der Waals surface area contributed by atoms with E-state index in [2.05, 4.69) is 16.8 Å². The van der Waals surface area contributed by atoms with Crippen molar-refractivity contribution in [3.05, 3.63) is 24.3 Å². The summed E-state index contributed by atoms with van der Waals surface area (Å²) in [5, 5.41) is 0. The normalized spacial score (nSPS) is 27.4. The van der Waals surface area contributed by atoms with Crippen molar-refractivity contribution in [3.8, 4) is 5.75 Å². The Labute approximate surface area is 121 Å². The Morgan fingerprint density at radius 2 is 2.00 bits per heavy atom. The van der Waals surface area contributed by atoms with Gasteiger partial charge in [-0.3, -0.25) is 9.80 Å². The number of para-hydroxylation sites is 2. The average molecular weight is 275 g/mol. The molecule has 2 atom stereocenters. The number of benzene rings is 1. The lowest BCUT2D eigenvalue weighted by atomic mass is 10.1. The Kier molecular flexibility index (Phi) is 4.13. The quantitative estimate of drug-likeness (QED) is 0.851. The number of rotatable bonds is 4. The van der Waals surface area contributed by atoms with Crippen LogP contribution in [0.4, 0.5) is 5.69 Å². The first kappa shape index (κ1) is 13.7. The average Bonchev–Trinajstić information content (AvgIpc) is 2.68. The van der Waals surface area contributed by atoms with Crippen molar-refractivity contribution < 1.29 is 4.74 Å². The van der Waals surface area contributed by atoms with Crippen LogP contribution in [0.2, 0.25) is 0 Å². The summed E-state index contributed by atoms with van der Waals surface area (Å²) in [6, 6.07) is 9.26. The topological polar surface area (TPSA) is 41.7 Å². The molecule has 3 rings (SSSR count). The van der Waals surface area contributed by atoms with E-state index in [4.69, 9.17) is 10.5 Å². The first-order valence-corrected chi connectivity index (χ1v) is 7.65. The predicted octanol–water partition coefficient (Wildman–Crippen LogP) is 1.82. The largest absolute Gasteiger partial charge is 0.490 e. The van der Waals surface area contributed by atoms with Crippen molar-refractivity contribution in [2.75, 3.05) is 39.0 Å². The van der Waals surface area contributed by atoms with Crippen LogP contribution in [-0.2, 0) is 0 Å². The van der Waals surface area contributed by atoms with E-state index in [1.54, 1.807) is 0 Å². The van der Waals surface area contributed by atoms with Crippen molar-refractivity contribution in [2.45, 2.75) is 31.3 Å². The summed E-state index contributed by atoms with van der Waals surface area (Å²) in [6.07, 6.45) is 4.02. The minimum atomic E-state index is 0.718. The van der Waals surface area contributed by atoms with Crippen LogP contribution in [0.5, 0.6) is 5.75 Å². The number of fused-ring (bicyclic) bond motifs is 2. The van der Waals surface area contributed by atoms with Crippen LogP contribution < -0.4 is 10.5 Å². The van der Waals surface area contributed by atoms with E-state index in [0.717, 1.165) is 36.7 Å². The summed E-state index contributed by atoms with van der Waals surface area (Å²) in [7, 11) is 2.28. The van der Waals surface area contributed by atoms with E-state index in [1.807, 2.05) is 24.3 Å². The fourth-order valence-electron chi connectivity index (χ4n) is 3.48. The van der Waals surface area contributed by atoms with Gasteiger partial charge in [-0.25, -0.2) is 0 Å². The van der Waals surface area contributed by atoms with Gasteiger partial charge >= 0.3 is 0 Å². The molecule has 20 heavy (non-hydrogen) atoms. The molecular weight excluding hydrogens is 250 g/mol. The van der Waals surface area contributed by atoms with Gasteiger partial charge in [0.25, 0.3) is 0 Å². The summed E-state index contributed by atoms with van der Waals surface area (Å²) in [6.45, 7) is 4.08. The molecule has 4 nitrogen and oxygen atoms in total. The predicted molar refractivity (Wildman–Crippen MR) is 82.0 cm³/mol. The minimum absolute atomic E-state index is 0.718. The summed E-state index contributed by atoms with van der Waals surface area (Å²) < 4.78 is 5.81. The third-order valence-electron chi connectivity index (χ3n) is 4.82. The molecule has 2 bridgehead atoms. The Hall–Kier alpha value is -1.26. The third kappa shape index (κ3) is 2.91. The van der Waals surface area contributed by atoms with Crippen LogP contribution in [0.3, 0.4) is 0 Å². The molecule has 2 heterocycles. The Balaban J connectivity index is 1.48. The Morgan fingerprint density at radius 1 is 1.20 bits per heavy atom. The first-order chi connectivity index (χ1) is 9.74. The van der Waals surface area contributed by atoms with Gasteiger partial charge in [0.1, 0.15) is 12.4 Å². The Bertz CT molecular complexity index is 451. The van der Waals surface area contributed by atoms with Crippen molar-refractivity contribution in [1.82, 2.24) is 9.80 Å². The fourth-order valence-corrected chi connectivity index (χ4v) is 3.48. The van der Waals surface area contributed by atoms with Crippen LogP contribution in [0.15, 0.2) is 24.3 Å². The highest BCUT2D eigenvalue weighted by atomic mass is 16.5. The van der Waals surface area contributed by atoms with Gasteiger partial charge in [0.05, 0.1) is 5.69 Å². The maximum absolute atomic E-state index is 5.89. The number of hydrogen-bond acceptors (Lipinski definition) is 4. The number of likely N-dealkylation sites (tertiary alicyclic amines) is 1. The highest BCUT2D eigenvalue weighted by Gasteiger charge is 2.34. The zero-order valence-corrected chi connectivity index (χ0v) is 12.3. The van der Waals surface area contributed by atoms with Crippen molar-refractivity contribution in [2.24, 2.45) is 0 Å². The van der Waals surface area contributed by atoms with Gasteiger partial charge in [-0.1, -0.05) is 12.1 Å². The Morgan fingerprint density at radius 3 is 2.85 bits per heavy atom. The van der Waals surface area contributed by atoms with E-state index in [0.29, 0.717) is 0 Å². The van der Waals surface area contributed by atoms with Gasteiger partial charge in [-0.2, -0.15) is 0 Å². The molecule has 0 spiro atoms. The molecule has 2 aliphatic heterocycles. The van der Waals surface area contributed by atoms with Crippen molar-refractivity contribution >= 4 is 5.69 Å². The van der Waals surface area contributed by atoms with Gasteiger partial charge in [0.15, 0.2) is 0 Å². The number of anilines is 1. The number of nitrogens with two attached hydrogens (primary N) is 1. The molecule has 0 aliphatic carbocycles. The highest BCUT2D eigenvalue weighted by Crippen LogP contribution is 2.28. The monoisotopic (exact) mass is 275 g/mol. The number of nitrogens with zero attached hydrogens (tertiary/aromatic N) is 2. The fraction of sp³-hybridized carbons (Fsp3) is 0.625. The second-order valence-corrected chi connectivity index (χ2v) is 6.03. The molecule has 2 fully saturated rings. The van der Waals surface area contributed by atoms with Crippen LogP contribution in [-0.4, -0.2) is 55.2 Å². The highest BCUT2D eigenvalue weighted by molar-refractivity contribution is 5.51. The molecule has 2 aliphatic rings. The molecule has 1 aromatic carbocycles. The molecule has 0 radical (unpaired) electrons. The lowest BCUT2D eigenvalue weighted by Crippen LogP contribution is -2.38. The molecule has 0 aromatic heterocycles. The molecule has 2 unspecified atom stereocenters. The smallest absolute Gasteiger partial charge is 0.142 e. The third-order valence-corrected chi connectivity index (χ3v) is 4.82. The van der Waals surface area contributed by atoms with E-state index >= 15 is 0 Å². The summed E-state index contributed by atoms with van der Waals surface area (Å²) in [4.78, 5) is 5.12. The minimum Gasteiger partial charge on any atom is -0.490 e.